The summed E-state index contributed by atoms with van der Waals surface area (Å²) in [7, 11) is 0. The van der Waals surface area contributed by atoms with Crippen molar-refractivity contribution < 1.29 is 4.79 Å². The normalized spacial score (nSPS) is 10.4. The fourth-order valence-electron chi connectivity index (χ4n) is 2.32. The molecule has 0 radical (unpaired) electrons. The molecule has 0 fully saturated rings. The zero-order chi connectivity index (χ0) is 17.8. The highest BCUT2D eigenvalue weighted by molar-refractivity contribution is 6.30. The highest BCUT2D eigenvalue weighted by atomic mass is 35.5. The van der Waals surface area contributed by atoms with E-state index in [9.17, 15) is 4.79 Å². The molecule has 0 atom stereocenters. The lowest BCUT2D eigenvalue weighted by Crippen LogP contribution is -2.02. The van der Waals surface area contributed by atoms with Gasteiger partial charge in [0.1, 0.15) is 5.82 Å². The van der Waals surface area contributed by atoms with Crippen LogP contribution in [0.1, 0.15) is 23.0 Å². The van der Waals surface area contributed by atoms with Gasteiger partial charge in [-0.3, -0.25) is 4.79 Å². The molecule has 6 heteroatoms. The Morgan fingerprint density at radius 3 is 2.40 bits per heavy atom. The van der Waals surface area contributed by atoms with Gasteiger partial charge >= 0.3 is 0 Å². The number of hydrogen-bond donors (Lipinski definition) is 2. The molecule has 0 saturated carbocycles. The van der Waals surface area contributed by atoms with Gasteiger partial charge in [-0.25, -0.2) is 4.98 Å². The van der Waals surface area contributed by atoms with Crippen LogP contribution in [0.25, 0.3) is 0 Å². The zero-order valence-electron chi connectivity index (χ0n) is 13.9. The standard InChI is InChI=1S/C19H17ClN4O/c1-12-10-18(22-16-8-6-14(7-9-16)13(2)25)24-19(21-12)23-17-5-3-4-15(20)11-17/h3-11H,1-2H3,(H2,21,22,23,24). The number of carbonyl (C=O) groups is 1. The van der Waals surface area contributed by atoms with Crippen LogP contribution in [0.3, 0.4) is 0 Å². The molecule has 0 saturated heterocycles. The van der Waals surface area contributed by atoms with Gasteiger partial charge in [0.2, 0.25) is 5.95 Å². The number of hydrogen-bond acceptors (Lipinski definition) is 5. The first-order valence-electron chi connectivity index (χ1n) is 7.76. The van der Waals surface area contributed by atoms with Gasteiger partial charge in [-0.05, 0) is 56.3 Å². The van der Waals surface area contributed by atoms with Crippen LogP contribution in [-0.2, 0) is 0 Å². The minimum atomic E-state index is 0.0393. The van der Waals surface area contributed by atoms with Crippen LogP contribution >= 0.6 is 11.6 Å². The van der Waals surface area contributed by atoms with Crippen LogP contribution < -0.4 is 10.6 Å². The summed E-state index contributed by atoms with van der Waals surface area (Å²) in [6.07, 6.45) is 0. The van der Waals surface area contributed by atoms with E-state index in [0.29, 0.717) is 22.4 Å². The highest BCUT2D eigenvalue weighted by Gasteiger charge is 2.05. The number of ketones is 1. The zero-order valence-corrected chi connectivity index (χ0v) is 14.6. The Morgan fingerprint density at radius 1 is 0.960 bits per heavy atom. The topological polar surface area (TPSA) is 66.9 Å². The van der Waals surface area contributed by atoms with E-state index < -0.39 is 0 Å². The average molecular weight is 353 g/mol. The molecule has 1 aromatic heterocycles. The smallest absolute Gasteiger partial charge is 0.229 e. The second-order valence-corrected chi connectivity index (χ2v) is 6.05. The lowest BCUT2D eigenvalue weighted by atomic mass is 10.1. The first-order valence-corrected chi connectivity index (χ1v) is 8.14. The molecule has 5 nitrogen and oxygen atoms in total. The molecule has 0 unspecified atom stereocenters. The predicted octanol–water partition coefficient (Wildman–Crippen LogP) is 5.13. The van der Waals surface area contributed by atoms with E-state index in [4.69, 9.17) is 11.6 Å². The molecule has 126 valence electrons. The maximum atomic E-state index is 11.3. The molecule has 0 spiro atoms. The van der Waals surface area contributed by atoms with Crippen molar-refractivity contribution in [3.8, 4) is 0 Å². The SMILES string of the molecule is CC(=O)c1ccc(Nc2cc(C)nc(Nc3cccc(Cl)c3)n2)cc1. The number of carbonyl (C=O) groups excluding carboxylic acids is 1. The van der Waals surface area contributed by atoms with E-state index in [1.807, 2.05) is 43.3 Å². The van der Waals surface area contributed by atoms with Crippen molar-refractivity contribution >= 4 is 40.5 Å². The second-order valence-electron chi connectivity index (χ2n) is 5.61. The lowest BCUT2D eigenvalue weighted by Gasteiger charge is -2.10. The summed E-state index contributed by atoms with van der Waals surface area (Å²) >= 11 is 6.00. The number of nitrogens with zero attached hydrogens (tertiary/aromatic N) is 2. The van der Waals surface area contributed by atoms with Crippen LogP contribution in [0, 0.1) is 6.92 Å². The van der Waals surface area contributed by atoms with E-state index in [1.165, 1.54) is 0 Å². The Morgan fingerprint density at radius 2 is 1.72 bits per heavy atom. The molecule has 3 rings (SSSR count). The van der Waals surface area contributed by atoms with Gasteiger partial charge in [-0.1, -0.05) is 17.7 Å². The van der Waals surface area contributed by atoms with Gasteiger partial charge in [0, 0.05) is 33.7 Å². The largest absolute Gasteiger partial charge is 0.340 e. The number of anilines is 4. The van der Waals surface area contributed by atoms with Crippen molar-refractivity contribution in [2.24, 2.45) is 0 Å². The van der Waals surface area contributed by atoms with Crippen LogP contribution in [0.4, 0.5) is 23.1 Å². The maximum absolute atomic E-state index is 11.3. The third-order valence-electron chi connectivity index (χ3n) is 3.50. The van der Waals surface area contributed by atoms with Gasteiger partial charge in [-0.2, -0.15) is 4.98 Å². The summed E-state index contributed by atoms with van der Waals surface area (Å²) < 4.78 is 0. The third-order valence-corrected chi connectivity index (χ3v) is 3.73. The van der Waals surface area contributed by atoms with E-state index in [2.05, 4.69) is 20.6 Å². The van der Waals surface area contributed by atoms with E-state index in [0.717, 1.165) is 17.1 Å². The molecular weight excluding hydrogens is 336 g/mol. The lowest BCUT2D eigenvalue weighted by molar-refractivity contribution is 0.101. The number of nitrogens with one attached hydrogen (secondary N) is 2. The van der Waals surface area contributed by atoms with Crippen molar-refractivity contribution in [2.75, 3.05) is 10.6 Å². The van der Waals surface area contributed by atoms with Gasteiger partial charge in [0.25, 0.3) is 0 Å². The van der Waals surface area contributed by atoms with E-state index >= 15 is 0 Å². The number of aromatic nitrogens is 2. The Kier molecular flexibility index (Phi) is 4.95. The van der Waals surface area contributed by atoms with Gasteiger partial charge in [0.05, 0.1) is 0 Å². The van der Waals surface area contributed by atoms with Crippen molar-refractivity contribution in [1.29, 1.82) is 0 Å². The number of aryl methyl sites for hydroxylation is 1. The van der Waals surface area contributed by atoms with Crippen molar-refractivity contribution in [2.45, 2.75) is 13.8 Å². The Bertz CT molecular complexity index is 910. The molecule has 2 N–H and O–H groups in total. The summed E-state index contributed by atoms with van der Waals surface area (Å²) in [5.41, 5.74) is 3.15. The molecular formula is C19H17ClN4O. The highest BCUT2D eigenvalue weighted by Crippen LogP contribution is 2.21. The molecule has 3 aromatic rings. The fraction of sp³-hybridized carbons (Fsp3) is 0.105. The van der Waals surface area contributed by atoms with Crippen LogP contribution in [0.15, 0.2) is 54.6 Å². The van der Waals surface area contributed by atoms with Gasteiger partial charge in [-0.15, -0.1) is 0 Å². The summed E-state index contributed by atoms with van der Waals surface area (Å²) in [5.74, 6) is 1.18. The molecule has 0 aliphatic heterocycles. The Balaban J connectivity index is 1.80. The Hall–Kier alpha value is -2.92. The second kappa shape index (κ2) is 7.32. The molecule has 1 heterocycles. The number of halogens is 1. The summed E-state index contributed by atoms with van der Waals surface area (Å²) in [4.78, 5) is 20.2. The first kappa shape index (κ1) is 16.9. The van der Waals surface area contributed by atoms with Crippen LogP contribution in [0.5, 0.6) is 0 Å². The molecule has 0 aliphatic carbocycles. The van der Waals surface area contributed by atoms with Crippen LogP contribution in [-0.4, -0.2) is 15.8 Å². The number of benzene rings is 2. The van der Waals surface area contributed by atoms with Gasteiger partial charge < -0.3 is 10.6 Å². The molecule has 0 bridgehead atoms. The van der Waals surface area contributed by atoms with Crippen molar-refractivity contribution in [1.82, 2.24) is 9.97 Å². The number of Topliss-reactive ketones (excluding diaryl/α,β-unsaturated/α-hetero) is 1. The molecule has 0 aliphatic rings. The monoisotopic (exact) mass is 352 g/mol. The third kappa shape index (κ3) is 4.55. The predicted molar refractivity (Wildman–Crippen MR) is 101 cm³/mol. The van der Waals surface area contributed by atoms with Crippen molar-refractivity contribution in [3.05, 3.63) is 70.9 Å². The first-order chi connectivity index (χ1) is 12.0. The van der Waals surface area contributed by atoms with Crippen molar-refractivity contribution in [3.63, 3.8) is 0 Å². The Labute approximate surface area is 151 Å². The fourth-order valence-corrected chi connectivity index (χ4v) is 2.51. The summed E-state index contributed by atoms with van der Waals surface area (Å²) in [6, 6.07) is 16.5. The van der Waals surface area contributed by atoms with E-state index in [1.54, 1.807) is 25.1 Å². The quantitative estimate of drug-likeness (QED) is 0.623. The van der Waals surface area contributed by atoms with Crippen LogP contribution in [0.2, 0.25) is 5.02 Å². The molecule has 0 amide bonds. The molecule has 2 aromatic carbocycles. The minimum absolute atomic E-state index is 0.0393. The van der Waals surface area contributed by atoms with Gasteiger partial charge in [0.15, 0.2) is 5.78 Å². The maximum Gasteiger partial charge on any atom is 0.229 e. The van der Waals surface area contributed by atoms with E-state index in [-0.39, 0.29) is 5.78 Å². The molecule has 25 heavy (non-hydrogen) atoms. The average Bonchev–Trinajstić information content (AvgIpc) is 2.54. The summed E-state index contributed by atoms with van der Waals surface area (Å²) in [6.45, 7) is 3.44. The minimum Gasteiger partial charge on any atom is -0.340 e. The summed E-state index contributed by atoms with van der Waals surface area (Å²) in [5, 5.41) is 7.00. The number of rotatable bonds is 5.